The van der Waals surface area contributed by atoms with E-state index in [4.69, 9.17) is 6.42 Å². The summed E-state index contributed by atoms with van der Waals surface area (Å²) in [4.78, 5) is 0. The van der Waals surface area contributed by atoms with Gasteiger partial charge in [-0.25, -0.2) is 0 Å². The second-order valence-corrected chi connectivity index (χ2v) is 3.39. The Morgan fingerprint density at radius 1 is 1.64 bits per heavy atom. The molecule has 1 aliphatic rings. The third-order valence-electron chi connectivity index (χ3n) is 2.59. The normalized spacial score (nSPS) is 20.4. The van der Waals surface area contributed by atoms with E-state index in [2.05, 4.69) is 18.2 Å². The molecule has 0 saturated heterocycles. The van der Waals surface area contributed by atoms with E-state index in [-0.39, 0.29) is 0 Å². The van der Waals surface area contributed by atoms with E-state index in [1.165, 1.54) is 19.3 Å². The minimum absolute atomic E-state index is 0.678. The van der Waals surface area contributed by atoms with Gasteiger partial charge in [0.05, 0.1) is 0 Å². The average Bonchev–Trinajstić information content (AvgIpc) is 1.84. The summed E-state index contributed by atoms with van der Waals surface area (Å²) in [5.74, 6) is 3.56. The third-order valence-corrected chi connectivity index (χ3v) is 2.59. The molecule has 1 N–H and O–H groups in total. The first kappa shape index (κ1) is 8.62. The van der Waals surface area contributed by atoms with E-state index < -0.39 is 0 Å². The van der Waals surface area contributed by atoms with Crippen molar-refractivity contribution in [2.75, 3.05) is 6.54 Å². The Labute approximate surface area is 69.6 Å². The zero-order chi connectivity index (χ0) is 8.10. The zero-order valence-electron chi connectivity index (χ0n) is 7.27. The molecule has 0 bridgehead atoms. The molecule has 11 heavy (non-hydrogen) atoms. The maximum atomic E-state index is 5.15. The highest BCUT2D eigenvalue weighted by Gasteiger charge is 2.22. The van der Waals surface area contributed by atoms with Gasteiger partial charge in [-0.3, -0.25) is 0 Å². The van der Waals surface area contributed by atoms with Gasteiger partial charge in [0.15, 0.2) is 0 Å². The molecule has 1 saturated carbocycles. The van der Waals surface area contributed by atoms with Crippen molar-refractivity contribution in [3.63, 3.8) is 0 Å². The Morgan fingerprint density at radius 3 is 2.82 bits per heavy atom. The van der Waals surface area contributed by atoms with Crippen molar-refractivity contribution < 1.29 is 0 Å². The Hall–Kier alpha value is -0.480. The van der Waals surface area contributed by atoms with Crippen LogP contribution in [0.2, 0.25) is 0 Å². The smallest absolute Gasteiger partial charge is 0.0211 e. The summed E-state index contributed by atoms with van der Waals surface area (Å²) in [5.41, 5.74) is 0. The van der Waals surface area contributed by atoms with Gasteiger partial charge in [-0.1, -0.05) is 6.42 Å². The van der Waals surface area contributed by atoms with E-state index in [1.54, 1.807) is 0 Å². The molecule has 0 radical (unpaired) electrons. The highest BCUT2D eigenvalue weighted by molar-refractivity contribution is 4.86. The van der Waals surface area contributed by atoms with Gasteiger partial charge < -0.3 is 5.32 Å². The lowest BCUT2D eigenvalue weighted by atomic mass is 9.80. The van der Waals surface area contributed by atoms with Crippen molar-refractivity contribution in [3.8, 4) is 12.3 Å². The summed E-state index contributed by atoms with van der Waals surface area (Å²) in [6, 6.07) is 0.678. The van der Waals surface area contributed by atoms with Crippen LogP contribution < -0.4 is 5.32 Å². The summed E-state index contributed by atoms with van der Waals surface area (Å²) in [6.07, 6.45) is 10.2. The van der Waals surface area contributed by atoms with E-state index >= 15 is 0 Å². The molecule has 1 fully saturated rings. The fourth-order valence-corrected chi connectivity index (χ4v) is 1.48. The lowest BCUT2D eigenvalue weighted by Crippen LogP contribution is -2.37. The van der Waals surface area contributed by atoms with Gasteiger partial charge in [0.2, 0.25) is 0 Å². The van der Waals surface area contributed by atoms with Crippen LogP contribution in [0, 0.1) is 18.3 Å². The average molecular weight is 151 g/mol. The van der Waals surface area contributed by atoms with Gasteiger partial charge in [0.1, 0.15) is 0 Å². The number of rotatable bonds is 4. The highest BCUT2D eigenvalue weighted by Crippen LogP contribution is 2.29. The quantitative estimate of drug-likeness (QED) is 0.477. The van der Waals surface area contributed by atoms with Gasteiger partial charge in [-0.2, -0.15) is 0 Å². The fraction of sp³-hybridized carbons (Fsp3) is 0.800. The molecule has 1 heteroatoms. The highest BCUT2D eigenvalue weighted by atomic mass is 14.9. The van der Waals surface area contributed by atoms with E-state index in [0.29, 0.717) is 6.04 Å². The van der Waals surface area contributed by atoms with E-state index in [1.807, 2.05) is 0 Å². The molecule has 1 atom stereocenters. The minimum Gasteiger partial charge on any atom is -0.313 e. The van der Waals surface area contributed by atoms with Crippen molar-refractivity contribution >= 4 is 0 Å². The molecular weight excluding hydrogens is 134 g/mol. The van der Waals surface area contributed by atoms with Crippen LogP contribution in [-0.2, 0) is 0 Å². The van der Waals surface area contributed by atoms with Crippen LogP contribution in [0.15, 0.2) is 0 Å². The molecule has 0 spiro atoms. The Balaban J connectivity index is 2.01. The first-order chi connectivity index (χ1) is 5.34. The first-order valence-electron chi connectivity index (χ1n) is 4.51. The van der Waals surface area contributed by atoms with Crippen molar-refractivity contribution in [2.45, 2.75) is 38.6 Å². The maximum absolute atomic E-state index is 5.15. The Bertz CT molecular complexity index is 141. The van der Waals surface area contributed by atoms with Gasteiger partial charge in [-0.05, 0) is 25.7 Å². The van der Waals surface area contributed by atoms with Crippen LogP contribution in [0.4, 0.5) is 0 Å². The van der Waals surface area contributed by atoms with Crippen LogP contribution in [0.1, 0.15) is 32.6 Å². The zero-order valence-corrected chi connectivity index (χ0v) is 7.27. The molecule has 0 aromatic heterocycles. The minimum atomic E-state index is 0.678. The SMILES string of the molecule is C#CCCNC(C)C1CCC1. The molecule has 62 valence electrons. The predicted molar refractivity (Wildman–Crippen MR) is 48.3 cm³/mol. The van der Waals surface area contributed by atoms with Gasteiger partial charge in [0.25, 0.3) is 0 Å². The summed E-state index contributed by atoms with van der Waals surface area (Å²) in [5, 5.41) is 3.44. The predicted octanol–water partition coefficient (Wildman–Crippen LogP) is 1.79. The summed E-state index contributed by atoms with van der Waals surface area (Å²) in [6.45, 7) is 3.24. The lowest BCUT2D eigenvalue weighted by Gasteiger charge is -2.31. The molecule has 1 aliphatic carbocycles. The summed E-state index contributed by atoms with van der Waals surface area (Å²) >= 11 is 0. The van der Waals surface area contributed by atoms with Crippen molar-refractivity contribution in [1.82, 2.24) is 5.32 Å². The van der Waals surface area contributed by atoms with E-state index in [0.717, 1.165) is 18.9 Å². The lowest BCUT2D eigenvalue weighted by molar-refractivity contribution is 0.242. The van der Waals surface area contributed by atoms with Crippen molar-refractivity contribution in [3.05, 3.63) is 0 Å². The van der Waals surface area contributed by atoms with Crippen molar-refractivity contribution in [2.24, 2.45) is 5.92 Å². The second kappa shape index (κ2) is 4.41. The van der Waals surface area contributed by atoms with Gasteiger partial charge in [0, 0.05) is 19.0 Å². The van der Waals surface area contributed by atoms with E-state index in [9.17, 15) is 0 Å². The number of hydrogen-bond acceptors (Lipinski definition) is 1. The van der Waals surface area contributed by atoms with Crippen LogP contribution >= 0.6 is 0 Å². The van der Waals surface area contributed by atoms with Crippen LogP contribution in [-0.4, -0.2) is 12.6 Å². The Morgan fingerprint density at radius 2 is 2.36 bits per heavy atom. The fourth-order valence-electron chi connectivity index (χ4n) is 1.48. The van der Waals surface area contributed by atoms with Crippen LogP contribution in [0.5, 0.6) is 0 Å². The van der Waals surface area contributed by atoms with Gasteiger partial charge in [-0.15, -0.1) is 12.3 Å². The molecule has 0 heterocycles. The molecule has 0 amide bonds. The number of nitrogens with one attached hydrogen (secondary N) is 1. The standard InChI is InChI=1S/C10H17N/c1-3-4-8-11-9(2)10-6-5-7-10/h1,9-11H,4-8H2,2H3. The molecular formula is C10H17N. The number of terminal acetylenes is 1. The first-order valence-corrected chi connectivity index (χ1v) is 4.51. The van der Waals surface area contributed by atoms with Crippen LogP contribution in [0.3, 0.4) is 0 Å². The summed E-state index contributed by atoms with van der Waals surface area (Å²) in [7, 11) is 0. The molecule has 0 aromatic carbocycles. The maximum Gasteiger partial charge on any atom is 0.0211 e. The monoisotopic (exact) mass is 151 g/mol. The Kier molecular flexibility index (Phi) is 3.45. The van der Waals surface area contributed by atoms with Crippen LogP contribution in [0.25, 0.3) is 0 Å². The third kappa shape index (κ3) is 2.55. The molecule has 1 rings (SSSR count). The largest absolute Gasteiger partial charge is 0.313 e. The van der Waals surface area contributed by atoms with Gasteiger partial charge >= 0.3 is 0 Å². The molecule has 1 unspecified atom stereocenters. The molecule has 0 aliphatic heterocycles. The second-order valence-electron chi connectivity index (χ2n) is 3.39. The summed E-state index contributed by atoms with van der Waals surface area (Å²) < 4.78 is 0. The topological polar surface area (TPSA) is 12.0 Å². The van der Waals surface area contributed by atoms with Crippen molar-refractivity contribution in [1.29, 1.82) is 0 Å². The number of hydrogen-bond donors (Lipinski definition) is 1. The molecule has 1 nitrogen and oxygen atoms in total. The molecule has 0 aromatic rings.